The number of methoxy groups -OCH3 is 3. The van der Waals surface area contributed by atoms with E-state index in [4.69, 9.17) is 14.2 Å². The van der Waals surface area contributed by atoms with E-state index < -0.39 is 27.8 Å². The van der Waals surface area contributed by atoms with Crippen LogP contribution in [0.5, 0.6) is 17.2 Å². The van der Waals surface area contributed by atoms with Crippen molar-refractivity contribution in [3.05, 3.63) is 47.8 Å². The molecule has 10 heteroatoms. The van der Waals surface area contributed by atoms with Gasteiger partial charge in [0, 0.05) is 12.1 Å². The molecule has 8 nitrogen and oxygen atoms in total. The zero-order valence-corrected chi connectivity index (χ0v) is 18.2. The van der Waals surface area contributed by atoms with Gasteiger partial charge in [0.05, 0.1) is 33.3 Å². The molecule has 0 bridgehead atoms. The number of nitrogens with zero attached hydrogens (tertiary/aromatic N) is 1. The summed E-state index contributed by atoms with van der Waals surface area (Å²) in [6.07, 6.45) is 0.957. The predicted octanol–water partition coefficient (Wildman–Crippen LogP) is 2.32. The number of amides is 1. The highest BCUT2D eigenvalue weighted by Gasteiger charge is 2.29. The van der Waals surface area contributed by atoms with Crippen LogP contribution in [0.25, 0.3) is 0 Å². The Morgan fingerprint density at radius 3 is 2.30 bits per heavy atom. The van der Waals surface area contributed by atoms with Gasteiger partial charge in [0.25, 0.3) is 0 Å². The molecule has 0 saturated carbocycles. The molecule has 2 rings (SSSR count). The smallest absolute Gasteiger partial charge is 0.243 e. The van der Waals surface area contributed by atoms with Crippen LogP contribution in [0, 0.1) is 5.82 Å². The van der Waals surface area contributed by atoms with Crippen molar-refractivity contribution < 1.29 is 31.8 Å². The van der Waals surface area contributed by atoms with E-state index in [0.29, 0.717) is 22.8 Å². The van der Waals surface area contributed by atoms with Gasteiger partial charge in [-0.25, -0.2) is 12.8 Å². The summed E-state index contributed by atoms with van der Waals surface area (Å²) >= 11 is 0. The number of sulfonamides is 1. The standard InChI is InChI=1S/C20H25FN2O6S/c1-13(23(30(5,25)26)16-8-6-7-15(21)11-16)20(24)22-12-14-9-10-17(27-2)19(29-4)18(14)28-3/h6-11,13H,12H2,1-5H3,(H,22,24). The minimum absolute atomic E-state index is 0.0491. The van der Waals surface area contributed by atoms with Crippen molar-refractivity contribution in [2.24, 2.45) is 0 Å². The molecule has 0 spiro atoms. The van der Waals surface area contributed by atoms with E-state index in [2.05, 4.69) is 5.32 Å². The molecule has 1 atom stereocenters. The summed E-state index contributed by atoms with van der Waals surface area (Å²) in [5, 5.41) is 2.68. The fraction of sp³-hybridized carbons (Fsp3) is 0.350. The van der Waals surface area contributed by atoms with E-state index in [1.165, 1.54) is 46.5 Å². The highest BCUT2D eigenvalue weighted by atomic mass is 32.2. The van der Waals surface area contributed by atoms with E-state index in [1.54, 1.807) is 12.1 Å². The third-order valence-electron chi connectivity index (χ3n) is 4.39. The van der Waals surface area contributed by atoms with Gasteiger partial charge in [-0.05, 0) is 37.3 Å². The first-order chi connectivity index (χ1) is 14.1. The average molecular weight is 440 g/mol. The predicted molar refractivity (Wildman–Crippen MR) is 111 cm³/mol. The molecule has 0 radical (unpaired) electrons. The number of benzene rings is 2. The zero-order chi connectivity index (χ0) is 22.5. The van der Waals surface area contributed by atoms with Gasteiger partial charge >= 0.3 is 0 Å². The summed E-state index contributed by atoms with van der Waals surface area (Å²) in [6, 6.07) is 7.30. The molecule has 0 aromatic heterocycles. The molecule has 2 aromatic rings. The third-order valence-corrected chi connectivity index (χ3v) is 5.63. The molecule has 1 amide bonds. The highest BCUT2D eigenvalue weighted by molar-refractivity contribution is 7.92. The first-order valence-electron chi connectivity index (χ1n) is 8.94. The molecule has 0 fully saturated rings. The number of carbonyl (C=O) groups excluding carboxylic acids is 1. The Morgan fingerprint density at radius 2 is 1.77 bits per heavy atom. The molecular formula is C20H25FN2O6S. The lowest BCUT2D eigenvalue weighted by molar-refractivity contribution is -0.122. The van der Waals surface area contributed by atoms with Crippen LogP contribution in [-0.2, 0) is 21.4 Å². The monoisotopic (exact) mass is 440 g/mol. The number of anilines is 1. The number of rotatable bonds is 9. The van der Waals surface area contributed by atoms with Crippen molar-refractivity contribution in [2.45, 2.75) is 19.5 Å². The van der Waals surface area contributed by atoms with Crippen LogP contribution in [0.1, 0.15) is 12.5 Å². The second-order valence-electron chi connectivity index (χ2n) is 6.43. The highest BCUT2D eigenvalue weighted by Crippen LogP contribution is 2.39. The Balaban J connectivity index is 2.26. The Labute approximate surface area is 175 Å². The van der Waals surface area contributed by atoms with Crippen LogP contribution in [0.3, 0.4) is 0 Å². The Morgan fingerprint density at radius 1 is 1.10 bits per heavy atom. The van der Waals surface area contributed by atoms with Gasteiger partial charge in [0.15, 0.2) is 11.5 Å². The van der Waals surface area contributed by atoms with Gasteiger partial charge in [-0.3, -0.25) is 9.10 Å². The van der Waals surface area contributed by atoms with Crippen molar-refractivity contribution in [3.8, 4) is 17.2 Å². The SMILES string of the molecule is COc1ccc(CNC(=O)C(C)N(c2cccc(F)c2)S(C)(=O)=O)c(OC)c1OC. The molecule has 30 heavy (non-hydrogen) atoms. The van der Waals surface area contributed by atoms with Crippen molar-refractivity contribution in [2.75, 3.05) is 31.9 Å². The van der Waals surface area contributed by atoms with Crippen molar-refractivity contribution in [1.29, 1.82) is 0 Å². The minimum Gasteiger partial charge on any atom is -0.493 e. The fourth-order valence-corrected chi connectivity index (χ4v) is 4.22. The van der Waals surface area contributed by atoms with Crippen LogP contribution in [0.4, 0.5) is 10.1 Å². The lowest BCUT2D eigenvalue weighted by atomic mass is 10.1. The second-order valence-corrected chi connectivity index (χ2v) is 8.29. The topological polar surface area (TPSA) is 94.2 Å². The zero-order valence-electron chi connectivity index (χ0n) is 17.4. The third kappa shape index (κ3) is 5.12. The molecule has 0 aliphatic rings. The Hall–Kier alpha value is -3.01. The maximum absolute atomic E-state index is 13.6. The molecule has 164 valence electrons. The van der Waals surface area contributed by atoms with Crippen molar-refractivity contribution in [1.82, 2.24) is 5.32 Å². The molecule has 0 heterocycles. The molecule has 0 aliphatic carbocycles. The number of carbonyl (C=O) groups is 1. The average Bonchev–Trinajstić information content (AvgIpc) is 2.70. The molecule has 2 aromatic carbocycles. The first kappa shape index (κ1) is 23.3. The summed E-state index contributed by atoms with van der Waals surface area (Å²) in [4.78, 5) is 12.7. The van der Waals surface area contributed by atoms with Crippen LogP contribution in [-0.4, -0.2) is 48.0 Å². The molecule has 1 N–H and O–H groups in total. The minimum atomic E-state index is -3.85. The molecule has 0 aliphatic heterocycles. The lowest BCUT2D eigenvalue weighted by Crippen LogP contribution is -2.47. The van der Waals surface area contributed by atoms with Gasteiger partial charge in [0.1, 0.15) is 11.9 Å². The molecular weight excluding hydrogens is 415 g/mol. The number of ether oxygens (including phenoxy) is 3. The first-order valence-corrected chi connectivity index (χ1v) is 10.8. The molecule has 0 saturated heterocycles. The normalized spacial score (nSPS) is 12.1. The van der Waals surface area contributed by atoms with E-state index in [9.17, 15) is 17.6 Å². The summed E-state index contributed by atoms with van der Waals surface area (Å²) in [5.41, 5.74) is 0.663. The number of halogens is 1. The number of hydrogen-bond acceptors (Lipinski definition) is 6. The Kier molecular flexibility index (Phi) is 7.49. The lowest BCUT2D eigenvalue weighted by Gasteiger charge is -2.28. The molecule has 1 unspecified atom stereocenters. The van der Waals surface area contributed by atoms with Crippen LogP contribution < -0.4 is 23.8 Å². The maximum atomic E-state index is 13.6. The van der Waals surface area contributed by atoms with E-state index in [-0.39, 0.29) is 12.2 Å². The van der Waals surface area contributed by atoms with Crippen molar-refractivity contribution >= 4 is 21.6 Å². The van der Waals surface area contributed by atoms with E-state index in [0.717, 1.165) is 16.6 Å². The summed E-state index contributed by atoms with van der Waals surface area (Å²) < 4.78 is 55.0. The van der Waals surface area contributed by atoms with Gasteiger partial charge < -0.3 is 19.5 Å². The number of hydrogen-bond donors (Lipinski definition) is 1. The van der Waals surface area contributed by atoms with Crippen LogP contribution in [0.2, 0.25) is 0 Å². The fourth-order valence-electron chi connectivity index (χ4n) is 3.05. The quantitative estimate of drug-likeness (QED) is 0.643. The van der Waals surface area contributed by atoms with E-state index in [1.807, 2.05) is 0 Å². The maximum Gasteiger partial charge on any atom is 0.243 e. The van der Waals surface area contributed by atoms with Gasteiger partial charge in [-0.2, -0.15) is 0 Å². The van der Waals surface area contributed by atoms with Crippen LogP contribution in [0.15, 0.2) is 36.4 Å². The van der Waals surface area contributed by atoms with Gasteiger partial charge in [-0.1, -0.05) is 6.07 Å². The Bertz CT molecular complexity index is 1010. The van der Waals surface area contributed by atoms with Gasteiger partial charge in [-0.15, -0.1) is 0 Å². The largest absolute Gasteiger partial charge is 0.493 e. The number of nitrogens with one attached hydrogen (secondary N) is 1. The van der Waals surface area contributed by atoms with E-state index >= 15 is 0 Å². The van der Waals surface area contributed by atoms with Crippen molar-refractivity contribution in [3.63, 3.8) is 0 Å². The summed E-state index contributed by atoms with van der Waals surface area (Å²) in [5.74, 6) is 0.0460. The summed E-state index contributed by atoms with van der Waals surface area (Å²) in [6.45, 7) is 1.47. The van der Waals surface area contributed by atoms with Crippen LogP contribution >= 0.6 is 0 Å². The second kappa shape index (κ2) is 9.66. The van der Waals surface area contributed by atoms with Gasteiger partial charge in [0.2, 0.25) is 21.7 Å². The summed E-state index contributed by atoms with van der Waals surface area (Å²) in [7, 11) is 0.568.